The predicted molar refractivity (Wildman–Crippen MR) is 90.2 cm³/mol. The Morgan fingerprint density at radius 3 is 2.65 bits per heavy atom. The van der Waals surface area contributed by atoms with Crippen LogP contribution in [0, 0.1) is 5.92 Å². The molecule has 0 spiro atoms. The van der Waals surface area contributed by atoms with Gasteiger partial charge in [-0.25, -0.2) is 5.01 Å². The zero-order valence-electron chi connectivity index (χ0n) is 13.5. The standard InChI is InChI=1S/C18H23N3O2/c1-13-7-5-6-10-15(13)19-18(23)16-11-12-17(22)21(20-16)14-8-3-2-4-9-14/h2-4,8-9,13,15H,5-7,10-12H2,1H3,(H,19,23)/t13-,15-/m0/s1. The number of nitrogens with one attached hydrogen (secondary N) is 1. The summed E-state index contributed by atoms with van der Waals surface area (Å²) in [5, 5.41) is 8.78. The lowest BCUT2D eigenvalue weighted by atomic mass is 9.86. The van der Waals surface area contributed by atoms with Crippen molar-refractivity contribution >= 4 is 23.2 Å². The summed E-state index contributed by atoms with van der Waals surface area (Å²) in [6.07, 6.45) is 5.32. The summed E-state index contributed by atoms with van der Waals surface area (Å²) in [5.41, 5.74) is 1.15. The van der Waals surface area contributed by atoms with Gasteiger partial charge in [-0.3, -0.25) is 9.59 Å². The van der Waals surface area contributed by atoms with Crippen LogP contribution >= 0.6 is 0 Å². The number of nitrogens with zero attached hydrogens (tertiary/aromatic N) is 2. The van der Waals surface area contributed by atoms with Crippen LogP contribution < -0.4 is 10.3 Å². The van der Waals surface area contributed by atoms with E-state index in [1.165, 1.54) is 11.4 Å². The van der Waals surface area contributed by atoms with E-state index in [9.17, 15) is 9.59 Å². The van der Waals surface area contributed by atoms with Crippen LogP contribution in [0.4, 0.5) is 5.69 Å². The number of carbonyl (C=O) groups excluding carboxylic acids is 2. The lowest BCUT2D eigenvalue weighted by molar-refractivity contribution is -0.119. The van der Waals surface area contributed by atoms with Crippen LogP contribution in [0.5, 0.6) is 0 Å². The van der Waals surface area contributed by atoms with Gasteiger partial charge in [0, 0.05) is 18.9 Å². The molecule has 0 radical (unpaired) electrons. The van der Waals surface area contributed by atoms with Crippen molar-refractivity contribution in [1.82, 2.24) is 5.32 Å². The largest absolute Gasteiger partial charge is 0.348 e. The lowest BCUT2D eigenvalue weighted by Crippen LogP contribution is -2.46. The lowest BCUT2D eigenvalue weighted by Gasteiger charge is -2.30. The van der Waals surface area contributed by atoms with Gasteiger partial charge < -0.3 is 5.32 Å². The summed E-state index contributed by atoms with van der Waals surface area (Å²) >= 11 is 0. The van der Waals surface area contributed by atoms with Crippen LogP contribution in [-0.2, 0) is 9.59 Å². The molecule has 1 heterocycles. The average Bonchev–Trinajstić information content (AvgIpc) is 2.58. The maximum atomic E-state index is 12.5. The Balaban J connectivity index is 1.73. The van der Waals surface area contributed by atoms with Crippen LogP contribution in [0.15, 0.2) is 35.4 Å². The predicted octanol–water partition coefficient (Wildman–Crippen LogP) is 2.86. The number of rotatable bonds is 3. The molecule has 1 N–H and O–H groups in total. The second-order valence-electron chi connectivity index (χ2n) is 6.43. The Hall–Kier alpha value is -2.17. The van der Waals surface area contributed by atoms with Crippen LogP contribution in [0.2, 0.25) is 0 Å². The topological polar surface area (TPSA) is 61.8 Å². The molecule has 1 aromatic rings. The van der Waals surface area contributed by atoms with Crippen molar-refractivity contribution in [2.75, 3.05) is 5.01 Å². The second-order valence-corrected chi connectivity index (χ2v) is 6.43. The van der Waals surface area contributed by atoms with E-state index in [2.05, 4.69) is 17.3 Å². The third kappa shape index (κ3) is 3.60. The third-order valence-electron chi connectivity index (χ3n) is 4.72. The van der Waals surface area contributed by atoms with E-state index in [1.807, 2.05) is 30.3 Å². The van der Waals surface area contributed by atoms with Crippen molar-refractivity contribution in [3.8, 4) is 0 Å². The summed E-state index contributed by atoms with van der Waals surface area (Å²) in [6.45, 7) is 2.19. The fraction of sp³-hybridized carbons (Fsp3) is 0.500. The molecule has 1 fully saturated rings. The Morgan fingerprint density at radius 2 is 1.91 bits per heavy atom. The third-order valence-corrected chi connectivity index (χ3v) is 4.72. The van der Waals surface area contributed by atoms with Gasteiger partial charge in [0.25, 0.3) is 5.91 Å². The van der Waals surface area contributed by atoms with Gasteiger partial charge in [0.1, 0.15) is 5.71 Å². The molecule has 122 valence electrons. The number of anilines is 1. The van der Waals surface area contributed by atoms with E-state index in [1.54, 1.807) is 0 Å². The zero-order chi connectivity index (χ0) is 16.2. The van der Waals surface area contributed by atoms with Gasteiger partial charge in [-0.1, -0.05) is 38.0 Å². The number of amides is 2. The molecule has 5 nitrogen and oxygen atoms in total. The van der Waals surface area contributed by atoms with E-state index < -0.39 is 0 Å². The minimum absolute atomic E-state index is 0.0706. The van der Waals surface area contributed by atoms with E-state index in [0.29, 0.717) is 30.2 Å². The average molecular weight is 313 g/mol. The van der Waals surface area contributed by atoms with Crippen molar-refractivity contribution in [3.05, 3.63) is 30.3 Å². The van der Waals surface area contributed by atoms with Gasteiger partial charge in [-0.15, -0.1) is 0 Å². The molecule has 1 aliphatic heterocycles. The van der Waals surface area contributed by atoms with Crippen LogP contribution in [0.1, 0.15) is 45.4 Å². The molecule has 0 saturated heterocycles. The number of carbonyl (C=O) groups is 2. The van der Waals surface area contributed by atoms with Crippen molar-refractivity contribution in [3.63, 3.8) is 0 Å². The van der Waals surface area contributed by atoms with Gasteiger partial charge in [0.15, 0.2) is 0 Å². The molecule has 1 saturated carbocycles. The monoisotopic (exact) mass is 313 g/mol. The molecule has 2 amide bonds. The van der Waals surface area contributed by atoms with Crippen LogP contribution in [0.25, 0.3) is 0 Å². The molecule has 0 unspecified atom stereocenters. The molecule has 23 heavy (non-hydrogen) atoms. The minimum atomic E-state index is -0.128. The smallest absolute Gasteiger partial charge is 0.267 e. The Labute approximate surface area is 136 Å². The summed E-state index contributed by atoms with van der Waals surface area (Å²) in [5.74, 6) is 0.305. The minimum Gasteiger partial charge on any atom is -0.348 e. The number of hydrazone groups is 1. The highest BCUT2D eigenvalue weighted by Crippen LogP contribution is 2.24. The molecule has 5 heteroatoms. The maximum Gasteiger partial charge on any atom is 0.267 e. The molecule has 2 aliphatic rings. The highest BCUT2D eigenvalue weighted by atomic mass is 16.2. The van der Waals surface area contributed by atoms with Crippen molar-refractivity contribution in [1.29, 1.82) is 0 Å². The normalized spacial score (nSPS) is 25.0. The van der Waals surface area contributed by atoms with Crippen molar-refractivity contribution in [2.45, 2.75) is 51.5 Å². The summed E-state index contributed by atoms with van der Waals surface area (Å²) in [6, 6.07) is 9.48. The SMILES string of the molecule is C[C@H]1CCCC[C@@H]1NC(=O)C1=NN(c2ccccc2)C(=O)CC1. The molecule has 3 rings (SSSR count). The first-order valence-electron chi connectivity index (χ1n) is 8.41. The summed E-state index contributed by atoms with van der Waals surface area (Å²) < 4.78 is 0. The summed E-state index contributed by atoms with van der Waals surface area (Å²) in [4.78, 5) is 24.6. The van der Waals surface area contributed by atoms with E-state index in [4.69, 9.17) is 0 Å². The Morgan fingerprint density at radius 1 is 1.17 bits per heavy atom. The number of hydrogen-bond donors (Lipinski definition) is 1. The molecule has 1 aromatic carbocycles. The quantitative estimate of drug-likeness (QED) is 0.932. The fourth-order valence-electron chi connectivity index (χ4n) is 3.27. The number of hydrogen-bond acceptors (Lipinski definition) is 3. The highest BCUT2D eigenvalue weighted by Gasteiger charge is 2.28. The first-order valence-corrected chi connectivity index (χ1v) is 8.41. The molecule has 0 aromatic heterocycles. The Bertz CT molecular complexity index is 612. The van der Waals surface area contributed by atoms with Crippen molar-refractivity contribution in [2.24, 2.45) is 11.0 Å². The first kappa shape index (κ1) is 15.7. The van der Waals surface area contributed by atoms with Gasteiger partial charge >= 0.3 is 0 Å². The fourth-order valence-corrected chi connectivity index (χ4v) is 3.27. The highest BCUT2D eigenvalue weighted by molar-refractivity contribution is 6.40. The number of para-hydroxylation sites is 1. The number of benzene rings is 1. The van der Waals surface area contributed by atoms with Crippen LogP contribution in [-0.4, -0.2) is 23.6 Å². The van der Waals surface area contributed by atoms with E-state index >= 15 is 0 Å². The second kappa shape index (κ2) is 6.94. The van der Waals surface area contributed by atoms with E-state index in [-0.39, 0.29) is 17.9 Å². The van der Waals surface area contributed by atoms with Crippen molar-refractivity contribution < 1.29 is 9.59 Å². The molecule has 2 atom stereocenters. The van der Waals surface area contributed by atoms with Gasteiger partial charge in [0.05, 0.1) is 5.69 Å². The molecule has 1 aliphatic carbocycles. The van der Waals surface area contributed by atoms with Crippen LogP contribution in [0.3, 0.4) is 0 Å². The summed E-state index contributed by atoms with van der Waals surface area (Å²) in [7, 11) is 0. The van der Waals surface area contributed by atoms with Gasteiger partial charge in [-0.2, -0.15) is 5.10 Å². The Kier molecular flexibility index (Phi) is 4.74. The first-order chi connectivity index (χ1) is 11.1. The van der Waals surface area contributed by atoms with E-state index in [0.717, 1.165) is 19.3 Å². The zero-order valence-corrected chi connectivity index (χ0v) is 13.5. The van der Waals surface area contributed by atoms with Gasteiger partial charge in [0.2, 0.25) is 5.91 Å². The molecular formula is C18H23N3O2. The maximum absolute atomic E-state index is 12.5. The van der Waals surface area contributed by atoms with Gasteiger partial charge in [-0.05, 0) is 30.9 Å². The molecular weight excluding hydrogens is 290 g/mol. The molecule has 0 bridgehead atoms.